The van der Waals surface area contributed by atoms with E-state index in [0.717, 1.165) is 45.3 Å². The first-order valence-corrected chi connectivity index (χ1v) is 22.7. The van der Waals surface area contributed by atoms with Crippen LogP contribution in [0.15, 0.2) is 206 Å². The molecule has 0 saturated heterocycles. The first-order chi connectivity index (χ1) is 32.3. The van der Waals surface area contributed by atoms with Crippen LogP contribution in [0, 0.1) is 27.7 Å². The molecule has 12 rings (SSSR count). The number of benzene rings is 9. The molecule has 0 amide bonds. The van der Waals surface area contributed by atoms with Gasteiger partial charge < -0.3 is 9.13 Å². The summed E-state index contributed by atoms with van der Waals surface area (Å²) in [4.78, 5) is 10.3. The number of fused-ring (bicyclic) bond motifs is 6. The molecule has 0 N–H and O–H groups in total. The molecule has 9 aromatic carbocycles. The van der Waals surface area contributed by atoms with Gasteiger partial charge in [0.05, 0.1) is 33.5 Å². The van der Waals surface area contributed by atoms with Crippen molar-refractivity contribution >= 4 is 43.6 Å². The molecule has 314 valence electrons. The van der Waals surface area contributed by atoms with Crippen LogP contribution in [-0.4, -0.2) is 19.1 Å². The van der Waals surface area contributed by atoms with E-state index < -0.39 is 0 Å². The molecule has 0 unspecified atom stereocenters. The van der Waals surface area contributed by atoms with Crippen LogP contribution < -0.4 is 0 Å². The number of hydrogen-bond donors (Lipinski definition) is 0. The fourth-order valence-corrected chi connectivity index (χ4v) is 10.2. The van der Waals surface area contributed by atoms with Crippen LogP contribution in [0.4, 0.5) is 0 Å². The molecule has 3 aromatic heterocycles. The Morgan fingerprint density at radius 1 is 0.303 bits per heavy atom. The molecule has 4 nitrogen and oxygen atoms in total. The van der Waals surface area contributed by atoms with E-state index in [0.29, 0.717) is 0 Å². The molecular weight excluding hydrogens is 801 g/mol. The van der Waals surface area contributed by atoms with Crippen molar-refractivity contribution < 1.29 is 0 Å². The molecular formula is C62H46N4. The van der Waals surface area contributed by atoms with Crippen LogP contribution in [0.25, 0.3) is 111 Å². The van der Waals surface area contributed by atoms with Crippen LogP contribution in [-0.2, 0) is 0 Å². The van der Waals surface area contributed by atoms with E-state index in [1.807, 2.05) is 0 Å². The molecule has 12 aromatic rings. The average Bonchev–Trinajstić information content (AvgIpc) is 3.86. The van der Waals surface area contributed by atoms with Gasteiger partial charge in [0.1, 0.15) is 0 Å². The summed E-state index contributed by atoms with van der Waals surface area (Å²) >= 11 is 0. The third-order valence-electron chi connectivity index (χ3n) is 13.3. The van der Waals surface area contributed by atoms with Crippen molar-refractivity contribution in [3.8, 4) is 67.5 Å². The lowest BCUT2D eigenvalue weighted by molar-refractivity contribution is 1.17. The Morgan fingerprint density at radius 2 is 0.758 bits per heavy atom. The summed E-state index contributed by atoms with van der Waals surface area (Å²) in [6.45, 7) is 8.63. The Balaban J connectivity index is 0.858. The number of nitrogens with zero attached hydrogens (tertiary/aromatic N) is 4. The smallest absolute Gasteiger partial charge is 0.160 e. The van der Waals surface area contributed by atoms with Crippen molar-refractivity contribution in [2.45, 2.75) is 27.7 Å². The average molecular weight is 847 g/mol. The van der Waals surface area contributed by atoms with Gasteiger partial charge in [0.2, 0.25) is 0 Å². The minimum Gasteiger partial charge on any atom is -0.309 e. The zero-order chi connectivity index (χ0) is 44.5. The maximum Gasteiger partial charge on any atom is 0.160 e. The minimum absolute atomic E-state index is 0.735. The number of hydrogen-bond acceptors (Lipinski definition) is 2. The monoisotopic (exact) mass is 846 g/mol. The summed E-state index contributed by atoms with van der Waals surface area (Å²) < 4.78 is 4.80. The standard InChI is InChI=1S/C62H46N4/c1-39-13-11-15-46(33-39)55-38-56(64-62(63-55)47-16-12-14-40(2)34-47)61-41(3)35-48(36-42(61)4)45-25-23-43(24-26-45)44-27-29-49(30-28-44)65-59-22-10-7-19-53(59)54-37-50(31-32-60(54)65)66-57-20-8-5-17-51(57)52-18-6-9-21-58(52)66/h5-38H,1-4H3. The van der Waals surface area contributed by atoms with E-state index in [4.69, 9.17) is 9.97 Å². The summed E-state index contributed by atoms with van der Waals surface area (Å²) in [6.07, 6.45) is 0. The highest BCUT2D eigenvalue weighted by atomic mass is 15.0. The van der Waals surface area contributed by atoms with E-state index in [-0.39, 0.29) is 0 Å². The van der Waals surface area contributed by atoms with Crippen molar-refractivity contribution in [1.82, 2.24) is 19.1 Å². The van der Waals surface area contributed by atoms with Crippen LogP contribution >= 0.6 is 0 Å². The van der Waals surface area contributed by atoms with Gasteiger partial charge in [-0.3, -0.25) is 0 Å². The predicted molar refractivity (Wildman–Crippen MR) is 277 cm³/mol. The summed E-state index contributed by atoms with van der Waals surface area (Å²) in [5, 5.41) is 5.01. The first-order valence-electron chi connectivity index (χ1n) is 22.7. The highest BCUT2D eigenvalue weighted by Crippen LogP contribution is 2.39. The van der Waals surface area contributed by atoms with Gasteiger partial charge in [0, 0.05) is 49.6 Å². The fraction of sp³-hybridized carbons (Fsp3) is 0.0645. The molecule has 0 spiro atoms. The quantitative estimate of drug-likeness (QED) is 0.160. The number of aromatic nitrogens is 4. The third kappa shape index (κ3) is 6.69. The second-order valence-corrected chi connectivity index (χ2v) is 17.7. The molecule has 0 aliphatic rings. The molecule has 0 atom stereocenters. The fourth-order valence-electron chi connectivity index (χ4n) is 10.2. The predicted octanol–water partition coefficient (Wildman–Crippen LogP) is 16.2. The Morgan fingerprint density at radius 3 is 1.35 bits per heavy atom. The normalized spacial score (nSPS) is 11.6. The van der Waals surface area contributed by atoms with Gasteiger partial charge >= 0.3 is 0 Å². The maximum atomic E-state index is 5.20. The van der Waals surface area contributed by atoms with Gasteiger partial charge in [-0.2, -0.15) is 0 Å². The molecule has 3 heterocycles. The topological polar surface area (TPSA) is 35.6 Å². The molecule has 0 fully saturated rings. The summed E-state index contributed by atoms with van der Waals surface area (Å²) in [5.41, 5.74) is 21.7. The van der Waals surface area contributed by atoms with Gasteiger partial charge in [-0.05, 0) is 128 Å². The van der Waals surface area contributed by atoms with Gasteiger partial charge in [-0.25, -0.2) is 9.97 Å². The van der Waals surface area contributed by atoms with Crippen LogP contribution in [0.5, 0.6) is 0 Å². The molecule has 0 aliphatic carbocycles. The molecule has 0 radical (unpaired) electrons. The SMILES string of the molecule is Cc1cccc(-c2cc(-c3c(C)cc(-c4ccc(-c5ccc(-n6c7ccccc7c7cc(-n8c9ccccc9c9ccccc98)ccc76)cc5)cc4)cc3C)nc(-c3cccc(C)c3)n2)c1. The van der Waals surface area contributed by atoms with E-state index in [1.54, 1.807) is 0 Å². The van der Waals surface area contributed by atoms with E-state index in [9.17, 15) is 0 Å². The zero-order valence-corrected chi connectivity index (χ0v) is 37.4. The number of aryl methyl sites for hydroxylation is 4. The van der Waals surface area contributed by atoms with E-state index in [2.05, 4.69) is 243 Å². The third-order valence-corrected chi connectivity index (χ3v) is 13.3. The second kappa shape index (κ2) is 15.7. The number of para-hydroxylation sites is 3. The largest absolute Gasteiger partial charge is 0.309 e. The van der Waals surface area contributed by atoms with Crippen molar-refractivity contribution in [2.75, 3.05) is 0 Å². The van der Waals surface area contributed by atoms with Crippen LogP contribution in [0.2, 0.25) is 0 Å². The molecule has 4 heteroatoms. The van der Waals surface area contributed by atoms with Crippen molar-refractivity contribution in [2.24, 2.45) is 0 Å². The Hall–Kier alpha value is -8.34. The van der Waals surface area contributed by atoms with Crippen LogP contribution in [0.3, 0.4) is 0 Å². The Labute approximate surface area is 384 Å². The molecule has 66 heavy (non-hydrogen) atoms. The highest BCUT2D eigenvalue weighted by Gasteiger charge is 2.18. The lowest BCUT2D eigenvalue weighted by Crippen LogP contribution is -1.99. The zero-order valence-electron chi connectivity index (χ0n) is 37.4. The second-order valence-electron chi connectivity index (χ2n) is 17.7. The molecule has 0 saturated carbocycles. The van der Waals surface area contributed by atoms with E-state index in [1.165, 1.54) is 88.1 Å². The van der Waals surface area contributed by atoms with Gasteiger partial charge in [-0.15, -0.1) is 0 Å². The number of rotatable bonds is 7. The Kier molecular flexibility index (Phi) is 9.35. The van der Waals surface area contributed by atoms with Gasteiger partial charge in [-0.1, -0.05) is 151 Å². The lowest BCUT2D eigenvalue weighted by Gasteiger charge is -2.16. The summed E-state index contributed by atoms with van der Waals surface area (Å²) in [5.74, 6) is 0.735. The highest BCUT2D eigenvalue weighted by molar-refractivity contribution is 6.12. The summed E-state index contributed by atoms with van der Waals surface area (Å²) in [7, 11) is 0. The van der Waals surface area contributed by atoms with E-state index >= 15 is 0 Å². The van der Waals surface area contributed by atoms with Crippen LogP contribution in [0.1, 0.15) is 22.3 Å². The van der Waals surface area contributed by atoms with Crippen molar-refractivity contribution in [1.29, 1.82) is 0 Å². The maximum absolute atomic E-state index is 5.20. The molecule has 0 aliphatic heterocycles. The Bertz CT molecular complexity index is 3710. The first kappa shape index (κ1) is 39.3. The minimum atomic E-state index is 0.735. The van der Waals surface area contributed by atoms with Crippen molar-refractivity contribution in [3.63, 3.8) is 0 Å². The van der Waals surface area contributed by atoms with Gasteiger partial charge in [0.25, 0.3) is 0 Å². The molecule has 0 bridgehead atoms. The lowest BCUT2D eigenvalue weighted by atomic mass is 9.92. The van der Waals surface area contributed by atoms with Gasteiger partial charge in [0.15, 0.2) is 5.82 Å². The summed E-state index contributed by atoms with van der Waals surface area (Å²) in [6, 6.07) is 74.8. The van der Waals surface area contributed by atoms with Crippen molar-refractivity contribution in [3.05, 3.63) is 229 Å².